The molecule has 0 saturated heterocycles. The van der Waals surface area contributed by atoms with Crippen molar-refractivity contribution in [1.29, 1.82) is 0 Å². The van der Waals surface area contributed by atoms with E-state index in [1.54, 1.807) is 4.72 Å². The van der Waals surface area contributed by atoms with Gasteiger partial charge in [0.15, 0.2) is 0 Å². The highest BCUT2D eigenvalue weighted by molar-refractivity contribution is 7.89. The van der Waals surface area contributed by atoms with E-state index in [-0.39, 0.29) is 5.75 Å². The first kappa shape index (κ1) is 8.83. The van der Waals surface area contributed by atoms with Crippen LogP contribution >= 0.6 is 0 Å². The van der Waals surface area contributed by atoms with Gasteiger partial charge in [-0.15, -0.1) is 0 Å². The van der Waals surface area contributed by atoms with Crippen LogP contribution < -0.4 is 4.72 Å². The Labute approximate surface area is 53.4 Å². The van der Waals surface area contributed by atoms with Gasteiger partial charge >= 0.3 is 0 Å². The molecule has 0 bridgehead atoms. The van der Waals surface area contributed by atoms with Gasteiger partial charge < -0.3 is 10.2 Å². The highest BCUT2D eigenvalue weighted by Crippen LogP contribution is 1.78. The fourth-order valence-corrected chi connectivity index (χ4v) is 0.872. The molecule has 6 heteroatoms. The van der Waals surface area contributed by atoms with Crippen molar-refractivity contribution in [3.05, 3.63) is 0 Å². The molecular formula is C3H9NO4S. The fraction of sp³-hybridized carbons (Fsp3) is 1.00. The number of hydrogen-bond acceptors (Lipinski definition) is 4. The van der Waals surface area contributed by atoms with Crippen LogP contribution in [0.4, 0.5) is 0 Å². The number of rotatable bonds is 4. The number of sulfonamides is 1. The Kier molecular flexibility index (Phi) is 3.71. The number of aliphatic hydroxyl groups is 2. The normalized spacial score (nSPS) is 11.8. The summed E-state index contributed by atoms with van der Waals surface area (Å²) < 4.78 is 22.6. The van der Waals surface area contributed by atoms with Gasteiger partial charge in [-0.3, -0.25) is 0 Å². The Hall–Kier alpha value is -0.170. The van der Waals surface area contributed by atoms with Gasteiger partial charge in [-0.25, -0.2) is 8.42 Å². The minimum atomic E-state index is -3.43. The van der Waals surface area contributed by atoms with Crippen LogP contribution in [0.3, 0.4) is 0 Å². The van der Waals surface area contributed by atoms with Crippen LogP contribution in [-0.2, 0) is 10.0 Å². The Morgan fingerprint density at radius 3 is 2.22 bits per heavy atom. The average molecular weight is 155 g/mol. The first-order chi connectivity index (χ1) is 4.12. The molecule has 56 valence electrons. The monoisotopic (exact) mass is 155 g/mol. The van der Waals surface area contributed by atoms with Gasteiger partial charge in [-0.2, -0.15) is 4.72 Å². The highest BCUT2D eigenvalue weighted by atomic mass is 32.2. The maximum Gasteiger partial charge on any atom is 0.215 e. The molecule has 0 radical (unpaired) electrons. The summed E-state index contributed by atoms with van der Waals surface area (Å²) in [7, 11) is -3.43. The molecule has 0 heterocycles. The van der Waals surface area contributed by atoms with Gasteiger partial charge in [-0.05, 0) is 0 Å². The summed E-state index contributed by atoms with van der Waals surface area (Å²) in [5, 5.41) is 16.2. The Morgan fingerprint density at radius 1 is 1.33 bits per heavy atom. The molecule has 0 aliphatic rings. The van der Waals surface area contributed by atoms with Gasteiger partial charge in [0.1, 0.15) is 6.73 Å². The Morgan fingerprint density at radius 2 is 1.89 bits per heavy atom. The fourth-order valence-electron chi connectivity index (χ4n) is 0.291. The van der Waals surface area contributed by atoms with Crippen molar-refractivity contribution < 1.29 is 18.6 Å². The summed E-state index contributed by atoms with van der Waals surface area (Å²) in [6.45, 7) is -1.06. The Balaban J connectivity index is 3.73. The molecule has 0 rings (SSSR count). The number of nitrogens with one attached hydrogen (secondary N) is 1. The van der Waals surface area contributed by atoms with Crippen molar-refractivity contribution in [3.8, 4) is 0 Å². The maximum absolute atomic E-state index is 10.4. The zero-order chi connectivity index (χ0) is 7.33. The third-order valence-corrected chi connectivity index (χ3v) is 1.93. The molecule has 0 spiro atoms. The SMILES string of the molecule is O=S(=O)(CCO)NCO. The molecule has 0 saturated carbocycles. The summed E-state index contributed by atoms with van der Waals surface area (Å²) in [6, 6.07) is 0. The van der Waals surface area contributed by atoms with Gasteiger partial charge in [0.2, 0.25) is 10.0 Å². The van der Waals surface area contributed by atoms with Gasteiger partial charge in [0, 0.05) is 0 Å². The van der Waals surface area contributed by atoms with Crippen molar-refractivity contribution in [2.45, 2.75) is 0 Å². The van der Waals surface area contributed by atoms with Crippen molar-refractivity contribution in [3.63, 3.8) is 0 Å². The third kappa shape index (κ3) is 4.34. The van der Waals surface area contributed by atoms with E-state index in [1.165, 1.54) is 0 Å². The molecule has 0 atom stereocenters. The molecule has 0 aromatic heterocycles. The van der Waals surface area contributed by atoms with Crippen LogP contribution in [0.1, 0.15) is 0 Å². The third-order valence-electron chi connectivity index (χ3n) is 0.644. The largest absolute Gasteiger partial charge is 0.395 e. The molecule has 0 unspecified atom stereocenters. The summed E-state index contributed by atoms with van der Waals surface area (Å²) in [5.74, 6) is -0.367. The summed E-state index contributed by atoms with van der Waals surface area (Å²) in [6.07, 6.45) is 0. The molecule has 9 heavy (non-hydrogen) atoms. The molecule has 0 aliphatic heterocycles. The molecule has 5 nitrogen and oxygen atoms in total. The van der Waals surface area contributed by atoms with E-state index in [0.29, 0.717) is 0 Å². The number of aliphatic hydroxyl groups excluding tert-OH is 2. The predicted molar refractivity (Wildman–Crippen MR) is 31.1 cm³/mol. The minimum absolute atomic E-state index is 0.367. The summed E-state index contributed by atoms with van der Waals surface area (Å²) in [5.41, 5.74) is 0. The van der Waals surface area contributed by atoms with Crippen molar-refractivity contribution in [1.82, 2.24) is 4.72 Å². The first-order valence-electron chi connectivity index (χ1n) is 2.31. The molecule has 3 N–H and O–H groups in total. The van der Waals surface area contributed by atoms with Crippen LogP contribution in [0.2, 0.25) is 0 Å². The maximum atomic E-state index is 10.4. The average Bonchev–Trinajstić information content (AvgIpc) is 1.64. The quantitative estimate of drug-likeness (QED) is 0.404. The standard InChI is InChI=1S/C3H9NO4S/c5-1-2-9(7,8)4-3-6/h4-6H,1-3H2. The van der Waals surface area contributed by atoms with Gasteiger partial charge in [0.05, 0.1) is 12.4 Å². The first-order valence-corrected chi connectivity index (χ1v) is 3.96. The van der Waals surface area contributed by atoms with E-state index >= 15 is 0 Å². The van der Waals surface area contributed by atoms with Crippen molar-refractivity contribution >= 4 is 10.0 Å². The van der Waals surface area contributed by atoms with Crippen LogP contribution in [0.5, 0.6) is 0 Å². The lowest BCUT2D eigenvalue weighted by Crippen LogP contribution is -2.28. The van der Waals surface area contributed by atoms with Crippen LogP contribution in [-0.4, -0.2) is 37.7 Å². The molecule has 0 aliphatic carbocycles. The molecule has 0 amide bonds. The van der Waals surface area contributed by atoms with E-state index in [9.17, 15) is 8.42 Å². The van der Waals surface area contributed by atoms with Crippen LogP contribution in [0.25, 0.3) is 0 Å². The lowest BCUT2D eigenvalue weighted by molar-refractivity contribution is 0.286. The van der Waals surface area contributed by atoms with E-state index < -0.39 is 23.4 Å². The van der Waals surface area contributed by atoms with Crippen molar-refractivity contribution in [2.24, 2.45) is 0 Å². The number of hydrogen-bond donors (Lipinski definition) is 3. The lowest BCUT2D eigenvalue weighted by Gasteiger charge is -1.98. The second-order valence-electron chi connectivity index (χ2n) is 1.34. The van der Waals surface area contributed by atoms with E-state index in [1.807, 2.05) is 0 Å². The summed E-state index contributed by atoms with van der Waals surface area (Å²) in [4.78, 5) is 0. The molecular weight excluding hydrogens is 146 g/mol. The second kappa shape index (κ2) is 3.78. The van der Waals surface area contributed by atoms with E-state index in [4.69, 9.17) is 10.2 Å². The van der Waals surface area contributed by atoms with Crippen molar-refractivity contribution in [2.75, 3.05) is 19.1 Å². The van der Waals surface area contributed by atoms with Gasteiger partial charge in [0.25, 0.3) is 0 Å². The van der Waals surface area contributed by atoms with Crippen LogP contribution in [0.15, 0.2) is 0 Å². The minimum Gasteiger partial charge on any atom is -0.395 e. The zero-order valence-electron chi connectivity index (χ0n) is 4.74. The highest BCUT2D eigenvalue weighted by Gasteiger charge is 2.05. The van der Waals surface area contributed by atoms with Gasteiger partial charge in [-0.1, -0.05) is 0 Å². The smallest absolute Gasteiger partial charge is 0.215 e. The topological polar surface area (TPSA) is 86.6 Å². The van der Waals surface area contributed by atoms with E-state index in [0.717, 1.165) is 0 Å². The summed E-state index contributed by atoms with van der Waals surface area (Å²) >= 11 is 0. The zero-order valence-corrected chi connectivity index (χ0v) is 5.56. The molecule has 0 aromatic carbocycles. The molecule has 0 fully saturated rings. The van der Waals surface area contributed by atoms with Crippen LogP contribution in [0, 0.1) is 0 Å². The predicted octanol–water partition coefficient (Wildman–Crippen LogP) is -2.15. The molecule has 0 aromatic rings. The second-order valence-corrected chi connectivity index (χ2v) is 3.27. The Bertz CT molecular complexity index is 139. The lowest BCUT2D eigenvalue weighted by atomic mass is 10.9. The van der Waals surface area contributed by atoms with E-state index in [2.05, 4.69) is 0 Å².